The number of methoxy groups -OCH3 is 1. The summed E-state index contributed by atoms with van der Waals surface area (Å²) < 4.78 is 10.8. The maximum Gasteiger partial charge on any atom is 0.161 e. The van der Waals surface area contributed by atoms with E-state index in [0.29, 0.717) is 0 Å². The van der Waals surface area contributed by atoms with Gasteiger partial charge in [-0.05, 0) is 24.1 Å². The summed E-state index contributed by atoms with van der Waals surface area (Å²) in [6.45, 7) is 2.81. The van der Waals surface area contributed by atoms with Crippen LogP contribution in [-0.2, 0) is 5.33 Å². The summed E-state index contributed by atoms with van der Waals surface area (Å²) in [5.41, 5.74) is 1.19. The molecule has 0 aromatic heterocycles. The Morgan fingerprint density at radius 1 is 1.29 bits per heavy atom. The molecule has 0 atom stereocenters. The third-order valence-corrected chi connectivity index (χ3v) is 2.49. The number of hydrogen-bond acceptors (Lipinski definition) is 2. The molecule has 0 fully saturated rings. The van der Waals surface area contributed by atoms with Gasteiger partial charge in [-0.3, -0.25) is 0 Å². The molecule has 14 heavy (non-hydrogen) atoms. The molecule has 78 valence electrons. The molecule has 0 heterocycles. The Balaban J connectivity index is 2.82. The minimum Gasteiger partial charge on any atom is -0.493 e. The lowest BCUT2D eigenvalue weighted by Gasteiger charge is -2.10. The van der Waals surface area contributed by atoms with Crippen molar-refractivity contribution >= 4 is 15.9 Å². The predicted molar refractivity (Wildman–Crippen MR) is 61.4 cm³/mol. The van der Waals surface area contributed by atoms with Crippen molar-refractivity contribution in [1.29, 1.82) is 0 Å². The number of benzene rings is 1. The fourth-order valence-corrected chi connectivity index (χ4v) is 1.48. The van der Waals surface area contributed by atoms with E-state index in [9.17, 15) is 0 Å². The Morgan fingerprint density at radius 3 is 2.64 bits per heavy atom. The topological polar surface area (TPSA) is 18.5 Å². The van der Waals surface area contributed by atoms with E-state index in [1.165, 1.54) is 5.56 Å². The van der Waals surface area contributed by atoms with Crippen molar-refractivity contribution in [3.8, 4) is 11.5 Å². The quantitative estimate of drug-likeness (QED) is 0.755. The summed E-state index contributed by atoms with van der Waals surface area (Å²) in [7, 11) is 1.66. The van der Waals surface area contributed by atoms with Gasteiger partial charge in [-0.15, -0.1) is 0 Å². The zero-order chi connectivity index (χ0) is 10.4. The normalized spacial score (nSPS) is 9.93. The molecule has 0 spiro atoms. The number of rotatable bonds is 5. The number of halogens is 1. The molecular formula is C11H15BrO2. The van der Waals surface area contributed by atoms with E-state index in [1.54, 1.807) is 7.11 Å². The van der Waals surface area contributed by atoms with Crippen molar-refractivity contribution in [2.24, 2.45) is 0 Å². The highest BCUT2D eigenvalue weighted by Crippen LogP contribution is 2.28. The maximum absolute atomic E-state index is 5.54. The van der Waals surface area contributed by atoms with Crippen LogP contribution >= 0.6 is 15.9 Å². The molecular weight excluding hydrogens is 244 g/mol. The van der Waals surface area contributed by atoms with Crippen molar-refractivity contribution in [2.45, 2.75) is 18.7 Å². The van der Waals surface area contributed by atoms with Crippen LogP contribution in [0.5, 0.6) is 11.5 Å². The first-order chi connectivity index (χ1) is 6.81. The van der Waals surface area contributed by atoms with Crippen LogP contribution in [0, 0.1) is 0 Å². The molecule has 2 nitrogen and oxygen atoms in total. The second kappa shape index (κ2) is 5.91. The van der Waals surface area contributed by atoms with Crippen LogP contribution < -0.4 is 9.47 Å². The largest absolute Gasteiger partial charge is 0.493 e. The first kappa shape index (κ1) is 11.4. The van der Waals surface area contributed by atoms with E-state index in [-0.39, 0.29) is 0 Å². The fourth-order valence-electron chi connectivity index (χ4n) is 1.13. The minimum absolute atomic E-state index is 0.726. The molecule has 0 radical (unpaired) electrons. The maximum atomic E-state index is 5.54. The number of alkyl halides is 1. The molecule has 1 aromatic carbocycles. The van der Waals surface area contributed by atoms with Gasteiger partial charge in [0.25, 0.3) is 0 Å². The Bertz CT molecular complexity index is 287. The van der Waals surface area contributed by atoms with Gasteiger partial charge in [-0.2, -0.15) is 0 Å². The SMILES string of the molecule is CCCOc1ccc(CBr)cc1OC. The Kier molecular flexibility index (Phi) is 4.80. The van der Waals surface area contributed by atoms with Gasteiger partial charge in [0.15, 0.2) is 11.5 Å². The summed E-state index contributed by atoms with van der Waals surface area (Å²) in [4.78, 5) is 0. The Morgan fingerprint density at radius 2 is 2.07 bits per heavy atom. The molecule has 1 rings (SSSR count). The molecule has 0 aliphatic rings. The summed E-state index contributed by atoms with van der Waals surface area (Å²) in [6, 6.07) is 5.97. The average Bonchev–Trinajstić information content (AvgIpc) is 2.26. The summed E-state index contributed by atoms with van der Waals surface area (Å²) >= 11 is 3.40. The number of hydrogen-bond donors (Lipinski definition) is 0. The smallest absolute Gasteiger partial charge is 0.161 e. The van der Waals surface area contributed by atoms with Crippen molar-refractivity contribution in [3.05, 3.63) is 23.8 Å². The summed E-state index contributed by atoms with van der Waals surface area (Å²) in [6.07, 6.45) is 1.00. The van der Waals surface area contributed by atoms with Gasteiger partial charge < -0.3 is 9.47 Å². The van der Waals surface area contributed by atoms with E-state index in [2.05, 4.69) is 22.9 Å². The highest BCUT2D eigenvalue weighted by Gasteiger charge is 2.04. The number of ether oxygens (including phenoxy) is 2. The zero-order valence-electron chi connectivity index (χ0n) is 8.55. The monoisotopic (exact) mass is 258 g/mol. The molecule has 0 saturated heterocycles. The van der Waals surface area contributed by atoms with Gasteiger partial charge >= 0.3 is 0 Å². The van der Waals surface area contributed by atoms with Crippen LogP contribution in [-0.4, -0.2) is 13.7 Å². The van der Waals surface area contributed by atoms with Crippen LogP contribution in [0.1, 0.15) is 18.9 Å². The third kappa shape index (κ3) is 2.91. The average molecular weight is 259 g/mol. The van der Waals surface area contributed by atoms with Crippen molar-refractivity contribution in [3.63, 3.8) is 0 Å². The van der Waals surface area contributed by atoms with Crippen LogP contribution in [0.3, 0.4) is 0 Å². The van der Waals surface area contributed by atoms with E-state index in [1.807, 2.05) is 18.2 Å². The van der Waals surface area contributed by atoms with E-state index < -0.39 is 0 Å². The van der Waals surface area contributed by atoms with Gasteiger partial charge in [-0.25, -0.2) is 0 Å². The fraction of sp³-hybridized carbons (Fsp3) is 0.455. The van der Waals surface area contributed by atoms with Crippen LogP contribution in [0.2, 0.25) is 0 Å². The first-order valence-corrected chi connectivity index (χ1v) is 5.79. The molecule has 3 heteroatoms. The van der Waals surface area contributed by atoms with Crippen molar-refractivity contribution in [2.75, 3.05) is 13.7 Å². The van der Waals surface area contributed by atoms with Gasteiger partial charge in [0.05, 0.1) is 13.7 Å². The summed E-state index contributed by atoms with van der Waals surface area (Å²) in [5.74, 6) is 1.62. The lowest BCUT2D eigenvalue weighted by molar-refractivity contribution is 0.294. The van der Waals surface area contributed by atoms with Crippen LogP contribution in [0.15, 0.2) is 18.2 Å². The van der Waals surface area contributed by atoms with Gasteiger partial charge in [0.2, 0.25) is 0 Å². The summed E-state index contributed by atoms with van der Waals surface area (Å²) in [5, 5.41) is 0.831. The van der Waals surface area contributed by atoms with E-state index >= 15 is 0 Å². The molecule has 0 aliphatic heterocycles. The predicted octanol–water partition coefficient (Wildman–Crippen LogP) is 3.38. The second-order valence-electron chi connectivity index (χ2n) is 2.97. The van der Waals surface area contributed by atoms with Crippen LogP contribution in [0.25, 0.3) is 0 Å². The standard InChI is InChI=1S/C11H15BrO2/c1-3-6-14-10-5-4-9(8-12)7-11(10)13-2/h4-5,7H,3,6,8H2,1-2H3. The molecule has 0 unspecified atom stereocenters. The minimum atomic E-state index is 0.726. The molecule has 0 saturated carbocycles. The third-order valence-electron chi connectivity index (χ3n) is 1.84. The van der Waals surface area contributed by atoms with E-state index in [4.69, 9.17) is 9.47 Å². The second-order valence-corrected chi connectivity index (χ2v) is 3.53. The molecule has 0 N–H and O–H groups in total. The molecule has 1 aromatic rings. The Hall–Kier alpha value is -0.700. The van der Waals surface area contributed by atoms with Gasteiger partial charge in [0, 0.05) is 5.33 Å². The van der Waals surface area contributed by atoms with Crippen molar-refractivity contribution < 1.29 is 9.47 Å². The van der Waals surface area contributed by atoms with Gasteiger partial charge in [0.1, 0.15) is 0 Å². The molecule has 0 aliphatic carbocycles. The Labute approximate surface area is 93.4 Å². The van der Waals surface area contributed by atoms with E-state index in [0.717, 1.165) is 29.9 Å². The van der Waals surface area contributed by atoms with Crippen LogP contribution in [0.4, 0.5) is 0 Å². The highest BCUT2D eigenvalue weighted by molar-refractivity contribution is 9.08. The highest BCUT2D eigenvalue weighted by atomic mass is 79.9. The lowest BCUT2D eigenvalue weighted by atomic mass is 10.2. The first-order valence-electron chi connectivity index (χ1n) is 4.67. The van der Waals surface area contributed by atoms with Crippen molar-refractivity contribution in [1.82, 2.24) is 0 Å². The molecule has 0 amide bonds. The molecule has 0 bridgehead atoms. The van der Waals surface area contributed by atoms with Gasteiger partial charge in [-0.1, -0.05) is 28.9 Å². The lowest BCUT2D eigenvalue weighted by Crippen LogP contribution is -1.98. The zero-order valence-corrected chi connectivity index (χ0v) is 10.1.